The van der Waals surface area contributed by atoms with Crippen LogP contribution in [0.4, 0.5) is 0 Å². The smallest absolute Gasteiger partial charge is 0.287 e. The molecule has 0 saturated carbocycles. The summed E-state index contributed by atoms with van der Waals surface area (Å²) in [6.45, 7) is 7.10. The molecule has 1 amide bonds. The molecule has 0 atom stereocenters. The zero-order valence-corrected chi connectivity index (χ0v) is 11.7. The normalized spacial score (nSPS) is 12.5. The van der Waals surface area contributed by atoms with E-state index in [9.17, 15) is 13.2 Å². The average Bonchev–Trinajstić information content (AvgIpc) is 2.59. The average molecular weight is 274 g/mol. The zero-order chi connectivity index (χ0) is 14.1. The molecule has 0 fully saturated rings. The fourth-order valence-electron chi connectivity index (χ4n) is 1.32. The fourth-order valence-corrected chi connectivity index (χ4v) is 2.03. The summed E-state index contributed by atoms with van der Waals surface area (Å²) < 4.78 is 27.6. The number of carbonyl (C=O) groups excluding carboxylic acids is 1. The summed E-state index contributed by atoms with van der Waals surface area (Å²) in [5.74, 6) is -0.408. The summed E-state index contributed by atoms with van der Waals surface area (Å²) >= 11 is 0. The van der Waals surface area contributed by atoms with Gasteiger partial charge in [0.1, 0.15) is 10.7 Å². The van der Waals surface area contributed by atoms with Gasteiger partial charge in [0.25, 0.3) is 5.91 Å². The van der Waals surface area contributed by atoms with Crippen molar-refractivity contribution in [2.45, 2.75) is 44.6 Å². The van der Waals surface area contributed by atoms with Crippen LogP contribution in [0.2, 0.25) is 0 Å². The minimum Gasteiger partial charge on any atom is -0.455 e. The van der Waals surface area contributed by atoms with Crippen LogP contribution in [0.25, 0.3) is 0 Å². The number of nitrogens with two attached hydrogens (primary N) is 1. The van der Waals surface area contributed by atoms with Crippen LogP contribution in [0.1, 0.15) is 43.5 Å². The van der Waals surface area contributed by atoms with Gasteiger partial charge < -0.3 is 9.73 Å². The Labute approximate surface area is 107 Å². The number of sulfonamides is 1. The van der Waals surface area contributed by atoms with E-state index in [1.807, 2.05) is 20.8 Å². The maximum absolute atomic E-state index is 11.9. The highest BCUT2D eigenvalue weighted by atomic mass is 32.2. The lowest BCUT2D eigenvalue weighted by Crippen LogP contribution is -2.42. The highest BCUT2D eigenvalue weighted by molar-refractivity contribution is 7.89. The van der Waals surface area contributed by atoms with Crippen molar-refractivity contribution in [1.29, 1.82) is 0 Å². The highest BCUT2D eigenvalue weighted by Gasteiger charge is 2.24. The number of primary sulfonamides is 1. The first-order valence-electron chi connectivity index (χ1n) is 5.52. The first-order chi connectivity index (χ1) is 8.07. The summed E-state index contributed by atoms with van der Waals surface area (Å²) in [4.78, 5) is 11.7. The van der Waals surface area contributed by atoms with Gasteiger partial charge in [-0.25, -0.2) is 13.6 Å². The molecule has 0 bridgehead atoms. The molecule has 0 aliphatic carbocycles. The predicted molar refractivity (Wildman–Crippen MR) is 66.7 cm³/mol. The maximum atomic E-state index is 11.9. The summed E-state index contributed by atoms with van der Waals surface area (Å²) in [5, 5.41) is 7.75. The van der Waals surface area contributed by atoms with Crippen LogP contribution in [0.15, 0.2) is 15.4 Å². The second-order valence-corrected chi connectivity index (χ2v) is 6.30. The summed E-state index contributed by atoms with van der Waals surface area (Å²) in [7, 11) is -3.87. The van der Waals surface area contributed by atoms with Crippen LogP contribution in [-0.4, -0.2) is 19.9 Å². The van der Waals surface area contributed by atoms with E-state index in [0.717, 1.165) is 12.5 Å². The third-order valence-corrected chi connectivity index (χ3v) is 3.76. The largest absolute Gasteiger partial charge is 0.455 e. The third-order valence-electron chi connectivity index (χ3n) is 2.74. The van der Waals surface area contributed by atoms with Crippen molar-refractivity contribution in [1.82, 2.24) is 5.32 Å². The van der Waals surface area contributed by atoms with E-state index < -0.39 is 15.9 Å². The van der Waals surface area contributed by atoms with Gasteiger partial charge in [0.05, 0.1) is 0 Å². The van der Waals surface area contributed by atoms with Crippen LogP contribution in [0.3, 0.4) is 0 Å². The van der Waals surface area contributed by atoms with Crippen molar-refractivity contribution in [3.63, 3.8) is 0 Å². The lowest BCUT2D eigenvalue weighted by Gasteiger charge is -2.23. The molecule has 1 aromatic rings. The lowest BCUT2D eigenvalue weighted by molar-refractivity contribution is 0.0881. The number of aryl methyl sites for hydroxylation is 1. The van der Waals surface area contributed by atoms with Crippen LogP contribution >= 0.6 is 0 Å². The second-order valence-electron chi connectivity index (χ2n) is 4.77. The van der Waals surface area contributed by atoms with Gasteiger partial charge in [-0.15, -0.1) is 0 Å². The Kier molecular flexibility index (Phi) is 3.87. The van der Waals surface area contributed by atoms with Crippen molar-refractivity contribution in [2.75, 3.05) is 0 Å². The van der Waals surface area contributed by atoms with E-state index in [1.54, 1.807) is 0 Å². The second kappa shape index (κ2) is 4.74. The number of nitrogens with one attached hydrogen (secondary N) is 1. The Morgan fingerprint density at radius 2 is 2.06 bits per heavy atom. The van der Waals surface area contributed by atoms with Gasteiger partial charge in [-0.3, -0.25) is 4.79 Å². The number of amides is 1. The van der Waals surface area contributed by atoms with E-state index in [1.165, 1.54) is 6.92 Å². The van der Waals surface area contributed by atoms with Crippen LogP contribution in [-0.2, 0) is 10.0 Å². The molecule has 1 heterocycles. The fraction of sp³-hybridized carbons (Fsp3) is 0.545. The van der Waals surface area contributed by atoms with Gasteiger partial charge in [-0.1, -0.05) is 6.92 Å². The molecule has 0 aliphatic rings. The van der Waals surface area contributed by atoms with Crippen LogP contribution in [0, 0.1) is 6.92 Å². The van der Waals surface area contributed by atoms with Gasteiger partial charge in [0.15, 0.2) is 5.76 Å². The lowest BCUT2D eigenvalue weighted by atomic mass is 10.0. The third kappa shape index (κ3) is 3.33. The van der Waals surface area contributed by atoms with Crippen LogP contribution < -0.4 is 10.5 Å². The molecule has 0 spiro atoms. The van der Waals surface area contributed by atoms with Crippen molar-refractivity contribution < 1.29 is 17.6 Å². The Morgan fingerprint density at radius 3 is 2.44 bits per heavy atom. The SMILES string of the molecule is CCC(C)(C)NC(=O)c1cc(S(N)(=O)=O)c(C)o1. The first kappa shape index (κ1) is 14.7. The molecule has 1 aromatic heterocycles. The van der Waals surface area contributed by atoms with Crippen LogP contribution in [0.5, 0.6) is 0 Å². The van der Waals surface area contributed by atoms with Crippen molar-refractivity contribution in [3.8, 4) is 0 Å². The van der Waals surface area contributed by atoms with Gasteiger partial charge in [0.2, 0.25) is 10.0 Å². The molecule has 7 heteroatoms. The molecule has 6 nitrogen and oxygen atoms in total. The molecule has 0 aliphatic heterocycles. The summed E-state index contributed by atoms with van der Waals surface area (Å²) in [6.07, 6.45) is 0.737. The Bertz CT molecular complexity index is 558. The molecule has 0 saturated heterocycles. The zero-order valence-electron chi connectivity index (χ0n) is 10.9. The minimum absolute atomic E-state index is 0.0574. The molecular formula is C11H18N2O4S. The molecule has 1 rings (SSSR count). The number of hydrogen-bond acceptors (Lipinski definition) is 4. The highest BCUT2D eigenvalue weighted by Crippen LogP contribution is 2.19. The summed E-state index contributed by atoms with van der Waals surface area (Å²) in [6, 6.07) is 1.14. The van der Waals surface area contributed by atoms with E-state index in [-0.39, 0.29) is 22.0 Å². The molecule has 3 N–H and O–H groups in total. The number of hydrogen-bond donors (Lipinski definition) is 2. The van der Waals surface area contributed by atoms with Crippen molar-refractivity contribution >= 4 is 15.9 Å². The predicted octanol–water partition coefficient (Wildman–Crippen LogP) is 1.15. The van der Waals surface area contributed by atoms with Gasteiger partial charge >= 0.3 is 0 Å². The molecular weight excluding hydrogens is 256 g/mol. The molecule has 102 valence electrons. The number of carbonyl (C=O) groups is 1. The molecule has 18 heavy (non-hydrogen) atoms. The van der Waals surface area contributed by atoms with E-state index in [4.69, 9.17) is 9.56 Å². The summed E-state index contributed by atoms with van der Waals surface area (Å²) in [5.41, 5.74) is -0.389. The van der Waals surface area contributed by atoms with Crippen molar-refractivity contribution in [2.24, 2.45) is 5.14 Å². The van der Waals surface area contributed by atoms with Gasteiger partial charge in [-0.2, -0.15) is 0 Å². The molecule has 0 aromatic carbocycles. The van der Waals surface area contributed by atoms with E-state index in [2.05, 4.69) is 5.32 Å². The number of rotatable bonds is 4. The Hall–Kier alpha value is -1.34. The quantitative estimate of drug-likeness (QED) is 0.859. The first-order valence-corrected chi connectivity index (χ1v) is 7.07. The maximum Gasteiger partial charge on any atom is 0.287 e. The Balaban J connectivity index is 3.03. The molecule has 0 radical (unpaired) electrons. The monoisotopic (exact) mass is 274 g/mol. The minimum atomic E-state index is -3.87. The van der Waals surface area contributed by atoms with E-state index >= 15 is 0 Å². The topological polar surface area (TPSA) is 102 Å². The Morgan fingerprint density at radius 1 is 1.50 bits per heavy atom. The number of furan rings is 1. The standard InChI is InChI=1S/C11H18N2O4S/c1-5-11(3,4)13-10(14)8-6-9(7(2)17-8)18(12,15)16/h6H,5H2,1-4H3,(H,13,14)(H2,12,15,16). The molecule has 0 unspecified atom stereocenters. The van der Waals surface area contributed by atoms with Gasteiger partial charge in [0, 0.05) is 11.6 Å². The van der Waals surface area contributed by atoms with E-state index in [0.29, 0.717) is 0 Å². The van der Waals surface area contributed by atoms with Crippen molar-refractivity contribution in [3.05, 3.63) is 17.6 Å². The van der Waals surface area contributed by atoms with Gasteiger partial charge in [-0.05, 0) is 27.2 Å².